The zero-order valence-corrected chi connectivity index (χ0v) is 11.1. The van der Waals surface area contributed by atoms with Gasteiger partial charge in [0.25, 0.3) is 0 Å². The van der Waals surface area contributed by atoms with Crippen molar-refractivity contribution in [2.45, 2.75) is 20.1 Å². The Hall–Kier alpha value is -2.02. The number of ether oxygens (including phenoxy) is 1. The molecule has 8 heteroatoms. The maximum absolute atomic E-state index is 12.4. The van der Waals surface area contributed by atoms with Gasteiger partial charge in [0.05, 0.1) is 12.7 Å². The SMILES string of the molecule is CC(=O)Cn1cc(-c2cnc(Cl)cc2OC(F)F)cn1. The number of alkyl halides is 2. The van der Waals surface area contributed by atoms with Gasteiger partial charge in [0.15, 0.2) is 5.78 Å². The molecule has 0 unspecified atom stereocenters. The Morgan fingerprint density at radius 2 is 2.25 bits per heavy atom. The molecule has 0 atom stereocenters. The van der Waals surface area contributed by atoms with E-state index in [0.717, 1.165) is 0 Å². The van der Waals surface area contributed by atoms with E-state index in [1.807, 2.05) is 0 Å². The Balaban J connectivity index is 2.36. The van der Waals surface area contributed by atoms with Crippen LogP contribution in [0.2, 0.25) is 5.15 Å². The van der Waals surface area contributed by atoms with Gasteiger partial charge in [0.2, 0.25) is 0 Å². The van der Waals surface area contributed by atoms with Crippen molar-refractivity contribution >= 4 is 17.4 Å². The monoisotopic (exact) mass is 301 g/mol. The van der Waals surface area contributed by atoms with Gasteiger partial charge in [-0.15, -0.1) is 0 Å². The summed E-state index contributed by atoms with van der Waals surface area (Å²) in [5, 5.41) is 4.01. The molecular weight excluding hydrogens is 292 g/mol. The van der Waals surface area contributed by atoms with Gasteiger partial charge in [-0.25, -0.2) is 4.98 Å². The van der Waals surface area contributed by atoms with E-state index in [1.165, 1.54) is 30.1 Å². The molecule has 20 heavy (non-hydrogen) atoms. The summed E-state index contributed by atoms with van der Waals surface area (Å²) in [4.78, 5) is 14.8. The van der Waals surface area contributed by atoms with E-state index in [4.69, 9.17) is 11.6 Å². The van der Waals surface area contributed by atoms with Gasteiger partial charge in [0.1, 0.15) is 10.9 Å². The van der Waals surface area contributed by atoms with Crippen LogP contribution >= 0.6 is 11.6 Å². The normalized spacial score (nSPS) is 10.8. The molecule has 0 fully saturated rings. The molecule has 0 radical (unpaired) electrons. The third-order valence-electron chi connectivity index (χ3n) is 2.38. The molecule has 0 saturated heterocycles. The zero-order chi connectivity index (χ0) is 14.7. The summed E-state index contributed by atoms with van der Waals surface area (Å²) in [6.45, 7) is -1.44. The van der Waals surface area contributed by atoms with Crippen molar-refractivity contribution in [1.29, 1.82) is 0 Å². The molecule has 0 spiro atoms. The first-order valence-corrected chi connectivity index (χ1v) is 5.96. The number of halogens is 3. The number of hydrogen-bond donors (Lipinski definition) is 0. The third kappa shape index (κ3) is 3.51. The number of ketones is 1. The quantitative estimate of drug-likeness (QED) is 0.797. The molecule has 0 bridgehead atoms. The van der Waals surface area contributed by atoms with E-state index in [2.05, 4.69) is 14.8 Å². The fourth-order valence-corrected chi connectivity index (χ4v) is 1.79. The van der Waals surface area contributed by atoms with Gasteiger partial charge in [0, 0.05) is 29.6 Å². The minimum Gasteiger partial charge on any atom is -0.434 e. The minimum atomic E-state index is -2.97. The maximum Gasteiger partial charge on any atom is 0.387 e. The summed E-state index contributed by atoms with van der Waals surface area (Å²) >= 11 is 5.66. The zero-order valence-electron chi connectivity index (χ0n) is 10.4. The van der Waals surface area contributed by atoms with Gasteiger partial charge in [-0.3, -0.25) is 9.48 Å². The lowest BCUT2D eigenvalue weighted by Crippen LogP contribution is -2.06. The number of carbonyl (C=O) groups is 1. The Morgan fingerprint density at radius 1 is 1.50 bits per heavy atom. The maximum atomic E-state index is 12.4. The number of hydrogen-bond acceptors (Lipinski definition) is 4. The molecule has 0 N–H and O–H groups in total. The van der Waals surface area contributed by atoms with Gasteiger partial charge < -0.3 is 4.74 Å². The molecule has 5 nitrogen and oxygen atoms in total. The summed E-state index contributed by atoms with van der Waals surface area (Å²) in [5.74, 6) is -0.166. The van der Waals surface area contributed by atoms with Crippen LogP contribution in [0.3, 0.4) is 0 Å². The summed E-state index contributed by atoms with van der Waals surface area (Å²) in [7, 11) is 0. The molecule has 0 aliphatic carbocycles. The predicted octanol–water partition coefficient (Wildman–Crippen LogP) is 2.79. The fraction of sp³-hybridized carbons (Fsp3) is 0.250. The molecular formula is C12H10ClF2N3O2. The first-order valence-electron chi connectivity index (χ1n) is 5.58. The Morgan fingerprint density at radius 3 is 2.90 bits per heavy atom. The summed E-state index contributed by atoms with van der Waals surface area (Å²) < 4.78 is 30.6. The van der Waals surface area contributed by atoms with Crippen LogP contribution in [-0.2, 0) is 11.3 Å². The van der Waals surface area contributed by atoms with Crippen molar-refractivity contribution < 1.29 is 18.3 Å². The largest absolute Gasteiger partial charge is 0.434 e. The Bertz CT molecular complexity index is 631. The molecule has 0 aromatic carbocycles. The second kappa shape index (κ2) is 5.96. The van der Waals surface area contributed by atoms with Crippen molar-refractivity contribution in [2.75, 3.05) is 0 Å². The van der Waals surface area contributed by atoms with Gasteiger partial charge in [-0.05, 0) is 6.92 Å². The molecule has 0 amide bonds. The average Bonchev–Trinajstić information content (AvgIpc) is 2.75. The highest BCUT2D eigenvalue weighted by molar-refractivity contribution is 6.29. The summed E-state index contributed by atoms with van der Waals surface area (Å²) in [5.41, 5.74) is 0.829. The average molecular weight is 302 g/mol. The van der Waals surface area contributed by atoms with Gasteiger partial charge >= 0.3 is 6.61 Å². The van der Waals surface area contributed by atoms with Crippen molar-refractivity contribution in [3.63, 3.8) is 0 Å². The molecule has 0 aliphatic rings. The number of rotatable bonds is 5. The summed E-state index contributed by atoms with van der Waals surface area (Å²) in [6, 6.07) is 1.20. The number of pyridine rings is 1. The van der Waals surface area contributed by atoms with E-state index in [0.29, 0.717) is 11.1 Å². The van der Waals surface area contributed by atoms with E-state index in [1.54, 1.807) is 6.20 Å². The van der Waals surface area contributed by atoms with E-state index in [9.17, 15) is 13.6 Å². The highest BCUT2D eigenvalue weighted by Crippen LogP contribution is 2.31. The van der Waals surface area contributed by atoms with Crippen LogP contribution in [0.5, 0.6) is 5.75 Å². The smallest absolute Gasteiger partial charge is 0.387 e. The van der Waals surface area contributed by atoms with Crippen LogP contribution in [0.15, 0.2) is 24.7 Å². The first-order chi connectivity index (χ1) is 9.45. The molecule has 106 valence electrons. The lowest BCUT2D eigenvalue weighted by Gasteiger charge is -2.09. The van der Waals surface area contributed by atoms with Crippen LogP contribution in [0.1, 0.15) is 6.92 Å². The lowest BCUT2D eigenvalue weighted by molar-refractivity contribution is -0.117. The molecule has 2 heterocycles. The van der Waals surface area contributed by atoms with E-state index >= 15 is 0 Å². The van der Waals surface area contributed by atoms with Gasteiger partial charge in [-0.2, -0.15) is 13.9 Å². The van der Waals surface area contributed by atoms with Crippen molar-refractivity contribution in [3.05, 3.63) is 29.8 Å². The number of Topliss-reactive ketones (excluding diaryl/α,β-unsaturated/α-hetero) is 1. The second-order valence-corrected chi connectivity index (χ2v) is 4.40. The molecule has 2 aromatic rings. The lowest BCUT2D eigenvalue weighted by atomic mass is 10.1. The third-order valence-corrected chi connectivity index (χ3v) is 2.58. The molecule has 2 aromatic heterocycles. The van der Waals surface area contributed by atoms with Crippen molar-refractivity contribution in [1.82, 2.24) is 14.8 Å². The van der Waals surface area contributed by atoms with Crippen molar-refractivity contribution in [2.24, 2.45) is 0 Å². The van der Waals surface area contributed by atoms with E-state index < -0.39 is 6.61 Å². The minimum absolute atomic E-state index is 0.0422. The van der Waals surface area contributed by atoms with Crippen LogP contribution in [0.25, 0.3) is 11.1 Å². The predicted molar refractivity (Wildman–Crippen MR) is 67.8 cm³/mol. The number of nitrogens with zero attached hydrogens (tertiary/aromatic N) is 3. The van der Waals surface area contributed by atoms with Crippen LogP contribution in [0.4, 0.5) is 8.78 Å². The van der Waals surface area contributed by atoms with Crippen molar-refractivity contribution in [3.8, 4) is 16.9 Å². The topological polar surface area (TPSA) is 57.0 Å². The molecule has 0 aliphatic heterocycles. The molecule has 2 rings (SSSR count). The standard InChI is InChI=1S/C12H10ClF2N3O2/c1-7(19)5-18-6-8(3-17-18)9-4-16-11(13)2-10(9)20-12(14)15/h2-4,6,12H,5H2,1H3. The van der Waals surface area contributed by atoms with Crippen LogP contribution in [-0.4, -0.2) is 27.2 Å². The number of carbonyl (C=O) groups excluding carboxylic acids is 1. The summed E-state index contributed by atoms with van der Waals surface area (Å²) in [6.07, 6.45) is 4.30. The van der Waals surface area contributed by atoms with E-state index in [-0.39, 0.29) is 23.2 Å². The first kappa shape index (κ1) is 14.4. The molecule has 0 saturated carbocycles. The Labute approximate surface area is 118 Å². The van der Waals surface area contributed by atoms with Crippen LogP contribution in [0, 0.1) is 0 Å². The number of aromatic nitrogens is 3. The Kier molecular flexibility index (Phi) is 4.29. The second-order valence-electron chi connectivity index (χ2n) is 4.01. The highest BCUT2D eigenvalue weighted by Gasteiger charge is 2.14. The van der Waals surface area contributed by atoms with Gasteiger partial charge in [-0.1, -0.05) is 11.6 Å². The highest BCUT2D eigenvalue weighted by atomic mass is 35.5. The fourth-order valence-electron chi connectivity index (χ4n) is 1.64. The van der Waals surface area contributed by atoms with Crippen LogP contribution < -0.4 is 4.74 Å².